The molecular formula is C73H45ClN2O2S. The summed E-state index contributed by atoms with van der Waals surface area (Å²) in [6, 6.07) is 97.8. The van der Waals surface area contributed by atoms with Gasteiger partial charge in [-0.2, -0.15) is 0 Å². The molecule has 372 valence electrons. The first-order valence-electron chi connectivity index (χ1n) is 26.7. The predicted octanol–water partition coefficient (Wildman–Crippen LogP) is 21.3. The Kier molecular flexibility index (Phi) is 10.4. The standard InChI is InChI=1S/C73H45ClN2O2S/c74-48-36-43-66-61(44-48)73(59-32-19-33-64(71(59)78-66)76(50-26-11-4-12-27-50)63-42-40-53(47-22-7-2-8-23-47)72-69(63)57-30-15-18-35-67(57)79-72)58-31-16-13-28-54(58)55-38-37-51(45-60(55)73)75(49-24-9-3-10-25-49)62-41-39-52(46-20-5-1-6-21-46)70-68(62)56-29-14-17-34-65(56)77-70/h1-45H. The lowest BCUT2D eigenvalue weighted by Crippen LogP contribution is -2.33. The molecule has 1 unspecified atom stereocenters. The second kappa shape index (κ2) is 18.0. The van der Waals surface area contributed by atoms with Gasteiger partial charge in [-0.25, -0.2) is 0 Å². The molecule has 0 amide bonds. The van der Waals surface area contributed by atoms with Crippen LogP contribution in [0.5, 0.6) is 11.5 Å². The maximum Gasteiger partial charge on any atom is 0.156 e. The Bertz CT molecular complexity index is 4730. The molecule has 0 fully saturated rings. The van der Waals surface area contributed by atoms with E-state index in [2.05, 4.69) is 271 Å². The van der Waals surface area contributed by atoms with E-state index >= 15 is 0 Å². The van der Waals surface area contributed by atoms with E-state index in [1.165, 1.54) is 36.9 Å². The Morgan fingerprint density at radius 1 is 0.380 bits per heavy atom. The molecule has 0 radical (unpaired) electrons. The highest BCUT2D eigenvalue weighted by Crippen LogP contribution is 2.65. The Morgan fingerprint density at radius 3 is 1.75 bits per heavy atom. The van der Waals surface area contributed by atoms with Crippen LogP contribution in [0.25, 0.3) is 75.5 Å². The summed E-state index contributed by atoms with van der Waals surface area (Å²) in [7, 11) is 0. The van der Waals surface area contributed by atoms with Crippen LogP contribution in [0.4, 0.5) is 34.1 Å². The molecule has 1 spiro atoms. The number of rotatable bonds is 8. The van der Waals surface area contributed by atoms with Crippen molar-refractivity contribution in [3.05, 3.63) is 300 Å². The fourth-order valence-electron chi connectivity index (χ4n) is 12.9. The number of anilines is 6. The Hall–Kier alpha value is -9.65. The van der Waals surface area contributed by atoms with Gasteiger partial charge in [-0.05, 0) is 130 Å². The van der Waals surface area contributed by atoms with Crippen molar-refractivity contribution in [2.45, 2.75) is 5.41 Å². The lowest BCUT2D eigenvalue weighted by Gasteiger charge is -2.41. The van der Waals surface area contributed by atoms with Gasteiger partial charge < -0.3 is 19.0 Å². The summed E-state index contributed by atoms with van der Waals surface area (Å²) in [5, 5.41) is 5.14. The second-order valence-electron chi connectivity index (χ2n) is 20.4. The number of para-hydroxylation sites is 4. The topological polar surface area (TPSA) is 28.9 Å². The molecule has 1 aliphatic carbocycles. The molecule has 6 heteroatoms. The zero-order valence-electron chi connectivity index (χ0n) is 42.5. The molecule has 3 heterocycles. The molecule has 14 aromatic rings. The van der Waals surface area contributed by atoms with E-state index in [0.29, 0.717) is 5.02 Å². The molecule has 1 aliphatic heterocycles. The molecule has 2 aliphatic rings. The lowest BCUT2D eigenvalue weighted by atomic mass is 9.66. The van der Waals surface area contributed by atoms with Crippen LogP contribution in [0, 0.1) is 0 Å². The predicted molar refractivity (Wildman–Crippen MR) is 329 cm³/mol. The Labute approximate surface area is 465 Å². The van der Waals surface area contributed by atoms with Gasteiger partial charge in [0.15, 0.2) is 5.75 Å². The molecule has 12 aromatic carbocycles. The summed E-state index contributed by atoms with van der Waals surface area (Å²) in [5.41, 5.74) is 18.0. The highest BCUT2D eigenvalue weighted by molar-refractivity contribution is 7.26. The fraction of sp³-hybridized carbons (Fsp3) is 0.0137. The van der Waals surface area contributed by atoms with Gasteiger partial charge in [0.25, 0.3) is 0 Å². The number of hydrogen-bond acceptors (Lipinski definition) is 5. The van der Waals surface area contributed by atoms with Crippen LogP contribution in [0.3, 0.4) is 0 Å². The Balaban J connectivity index is 0.972. The molecule has 0 bridgehead atoms. The van der Waals surface area contributed by atoms with Gasteiger partial charge in [0.05, 0.1) is 27.9 Å². The highest BCUT2D eigenvalue weighted by atomic mass is 35.5. The van der Waals surface area contributed by atoms with Crippen LogP contribution in [-0.2, 0) is 5.41 Å². The van der Waals surface area contributed by atoms with E-state index in [9.17, 15) is 0 Å². The number of furan rings is 1. The largest absolute Gasteiger partial charge is 0.455 e. The molecule has 0 N–H and O–H groups in total. The number of hydrogen-bond donors (Lipinski definition) is 0. The van der Waals surface area contributed by atoms with E-state index < -0.39 is 5.41 Å². The first kappa shape index (κ1) is 45.5. The second-order valence-corrected chi connectivity index (χ2v) is 21.9. The van der Waals surface area contributed by atoms with Crippen molar-refractivity contribution in [2.24, 2.45) is 0 Å². The van der Waals surface area contributed by atoms with Crippen LogP contribution in [0.15, 0.2) is 277 Å². The van der Waals surface area contributed by atoms with Crippen LogP contribution >= 0.6 is 22.9 Å². The third kappa shape index (κ3) is 6.87. The van der Waals surface area contributed by atoms with Crippen molar-refractivity contribution in [2.75, 3.05) is 9.80 Å². The SMILES string of the molecule is Clc1ccc2c(c1)C1(c3ccccc3-c3ccc(N(c4ccccc4)c4ccc(-c5ccccc5)c5oc6ccccc6c45)cc31)c1cccc(N(c3ccccc3)c3ccc(-c4ccccc4)c4sc5ccccc5c34)c1O2. The van der Waals surface area contributed by atoms with Crippen molar-refractivity contribution in [3.8, 4) is 44.9 Å². The van der Waals surface area contributed by atoms with Gasteiger partial charge in [-0.15, -0.1) is 11.3 Å². The fourth-order valence-corrected chi connectivity index (χ4v) is 14.3. The zero-order chi connectivity index (χ0) is 52.2. The van der Waals surface area contributed by atoms with E-state index in [-0.39, 0.29) is 0 Å². The van der Waals surface area contributed by atoms with Gasteiger partial charge in [-0.3, -0.25) is 0 Å². The minimum Gasteiger partial charge on any atom is -0.455 e. The maximum atomic E-state index is 7.50. The number of nitrogens with zero attached hydrogens (tertiary/aromatic N) is 2. The highest BCUT2D eigenvalue weighted by Gasteiger charge is 2.52. The smallest absolute Gasteiger partial charge is 0.156 e. The molecular weight excluding hydrogens is 1000 g/mol. The number of fused-ring (bicyclic) bond motifs is 15. The van der Waals surface area contributed by atoms with Gasteiger partial charge in [0.1, 0.15) is 16.9 Å². The van der Waals surface area contributed by atoms with Crippen molar-refractivity contribution in [3.63, 3.8) is 0 Å². The van der Waals surface area contributed by atoms with E-state index in [0.717, 1.165) is 107 Å². The third-order valence-electron chi connectivity index (χ3n) is 16.2. The molecule has 0 saturated heterocycles. The van der Waals surface area contributed by atoms with E-state index in [1.807, 2.05) is 23.5 Å². The van der Waals surface area contributed by atoms with Gasteiger partial charge >= 0.3 is 0 Å². The summed E-state index contributed by atoms with van der Waals surface area (Å²) in [4.78, 5) is 4.82. The first-order valence-corrected chi connectivity index (χ1v) is 27.9. The normalized spacial score (nSPS) is 14.0. The average Bonchev–Trinajstić information content (AvgIpc) is 3.29. The van der Waals surface area contributed by atoms with Crippen LogP contribution in [0.1, 0.15) is 22.3 Å². The van der Waals surface area contributed by atoms with Crippen LogP contribution in [-0.4, -0.2) is 0 Å². The van der Waals surface area contributed by atoms with Crippen molar-refractivity contribution < 1.29 is 9.15 Å². The lowest BCUT2D eigenvalue weighted by molar-refractivity contribution is 0.437. The van der Waals surface area contributed by atoms with Gasteiger partial charge in [0, 0.05) is 64.3 Å². The summed E-state index contributed by atoms with van der Waals surface area (Å²) in [6.45, 7) is 0. The quantitative estimate of drug-likeness (QED) is 0.152. The maximum absolute atomic E-state index is 7.50. The molecule has 4 nitrogen and oxygen atoms in total. The average molecular weight is 1050 g/mol. The Morgan fingerprint density at radius 2 is 0.975 bits per heavy atom. The summed E-state index contributed by atoms with van der Waals surface area (Å²) >= 11 is 9.07. The number of benzene rings is 12. The van der Waals surface area contributed by atoms with Gasteiger partial charge in [-0.1, -0.05) is 194 Å². The number of ether oxygens (including phenoxy) is 1. The van der Waals surface area contributed by atoms with Crippen LogP contribution in [0.2, 0.25) is 5.02 Å². The summed E-state index contributed by atoms with van der Waals surface area (Å²) in [6.07, 6.45) is 0. The molecule has 16 rings (SSSR count). The minimum atomic E-state index is -0.882. The molecule has 79 heavy (non-hydrogen) atoms. The molecule has 2 aromatic heterocycles. The molecule has 1 atom stereocenters. The van der Waals surface area contributed by atoms with Crippen molar-refractivity contribution >= 4 is 99.2 Å². The monoisotopic (exact) mass is 1050 g/mol. The molecule has 0 saturated carbocycles. The van der Waals surface area contributed by atoms with E-state index in [4.69, 9.17) is 20.8 Å². The number of halogens is 1. The van der Waals surface area contributed by atoms with Crippen molar-refractivity contribution in [1.82, 2.24) is 0 Å². The summed E-state index contributed by atoms with van der Waals surface area (Å²) < 4.78 is 16.9. The summed E-state index contributed by atoms with van der Waals surface area (Å²) in [5.74, 6) is 1.52. The number of thiophene rings is 1. The van der Waals surface area contributed by atoms with Crippen LogP contribution < -0.4 is 14.5 Å². The van der Waals surface area contributed by atoms with Gasteiger partial charge in [0.2, 0.25) is 0 Å². The zero-order valence-corrected chi connectivity index (χ0v) is 44.1. The third-order valence-corrected chi connectivity index (χ3v) is 17.6. The first-order chi connectivity index (χ1) is 39.1. The minimum absolute atomic E-state index is 0.637. The van der Waals surface area contributed by atoms with E-state index in [1.54, 1.807) is 0 Å². The van der Waals surface area contributed by atoms with Crippen molar-refractivity contribution in [1.29, 1.82) is 0 Å².